The highest BCUT2D eigenvalue weighted by molar-refractivity contribution is 7.99. The fourth-order valence-corrected chi connectivity index (χ4v) is 4.61. The van der Waals surface area contributed by atoms with Crippen molar-refractivity contribution >= 4 is 29.0 Å². The highest BCUT2D eigenvalue weighted by atomic mass is 32.2. The van der Waals surface area contributed by atoms with Crippen molar-refractivity contribution in [2.45, 2.75) is 18.1 Å². The summed E-state index contributed by atoms with van der Waals surface area (Å²) in [5, 5.41) is 14.1. The van der Waals surface area contributed by atoms with Crippen molar-refractivity contribution in [3.63, 3.8) is 0 Å². The number of benzene rings is 2. The number of carbonyl (C=O) groups is 1. The second-order valence-corrected chi connectivity index (χ2v) is 8.41. The van der Waals surface area contributed by atoms with Crippen molar-refractivity contribution in [3.8, 4) is 5.69 Å². The number of thioether (sulfide) groups is 1. The molecule has 4 aromatic rings. The first-order valence-electron chi connectivity index (χ1n) is 9.19. The fraction of sp³-hybridized carbons (Fsp3) is 0.136. The standard InChI is InChI=1S/C22H20N4OS2/c1-16-8-5-6-11-18(16)26-15-23-25-22(26)29-14-20(27)24-21(19-12-7-13-28-19)17-9-3-2-4-10-17/h2-13,15,21H,14H2,1H3,(H,24,27)/t21-/m0/s1. The second-order valence-electron chi connectivity index (χ2n) is 6.49. The Kier molecular flexibility index (Phi) is 6.07. The van der Waals surface area contributed by atoms with Crippen molar-refractivity contribution in [3.05, 3.63) is 94.4 Å². The zero-order valence-electron chi connectivity index (χ0n) is 15.9. The van der Waals surface area contributed by atoms with Crippen LogP contribution in [0.1, 0.15) is 22.0 Å². The van der Waals surface area contributed by atoms with Crippen molar-refractivity contribution in [2.75, 3.05) is 5.75 Å². The zero-order chi connectivity index (χ0) is 20.1. The summed E-state index contributed by atoms with van der Waals surface area (Å²) in [6.07, 6.45) is 1.68. The van der Waals surface area contributed by atoms with Gasteiger partial charge in [-0.15, -0.1) is 21.5 Å². The van der Waals surface area contributed by atoms with Crippen LogP contribution in [0.2, 0.25) is 0 Å². The maximum absolute atomic E-state index is 12.7. The number of para-hydroxylation sites is 1. The van der Waals surface area contributed by atoms with Crippen LogP contribution in [0.5, 0.6) is 0 Å². The molecule has 0 saturated heterocycles. The van der Waals surface area contributed by atoms with E-state index in [4.69, 9.17) is 0 Å². The van der Waals surface area contributed by atoms with E-state index in [9.17, 15) is 4.79 Å². The first-order valence-corrected chi connectivity index (χ1v) is 11.1. The molecule has 0 saturated carbocycles. The molecular formula is C22H20N4OS2. The molecule has 0 aliphatic carbocycles. The van der Waals surface area contributed by atoms with Gasteiger partial charge in [0, 0.05) is 4.88 Å². The van der Waals surface area contributed by atoms with Crippen LogP contribution in [0, 0.1) is 6.92 Å². The number of nitrogens with one attached hydrogen (secondary N) is 1. The quantitative estimate of drug-likeness (QED) is 0.443. The summed E-state index contributed by atoms with van der Waals surface area (Å²) in [7, 11) is 0. The van der Waals surface area contributed by atoms with Crippen LogP contribution < -0.4 is 5.32 Å². The van der Waals surface area contributed by atoms with E-state index in [2.05, 4.69) is 15.5 Å². The van der Waals surface area contributed by atoms with E-state index in [1.54, 1.807) is 17.7 Å². The molecule has 4 rings (SSSR count). The molecule has 1 N–H and O–H groups in total. The second kappa shape index (κ2) is 9.07. The molecule has 0 unspecified atom stereocenters. The Morgan fingerprint density at radius 3 is 2.66 bits per heavy atom. The minimum atomic E-state index is -0.154. The fourth-order valence-electron chi connectivity index (χ4n) is 3.07. The summed E-state index contributed by atoms with van der Waals surface area (Å²) in [5.74, 6) is 0.218. The van der Waals surface area contributed by atoms with Gasteiger partial charge in [-0.25, -0.2) is 0 Å². The molecule has 7 heteroatoms. The van der Waals surface area contributed by atoms with Gasteiger partial charge in [0.15, 0.2) is 5.16 Å². The van der Waals surface area contributed by atoms with E-state index < -0.39 is 0 Å². The predicted octanol–water partition coefficient (Wildman–Crippen LogP) is 4.64. The summed E-state index contributed by atoms with van der Waals surface area (Å²) in [4.78, 5) is 13.9. The zero-order valence-corrected chi connectivity index (χ0v) is 17.5. The van der Waals surface area contributed by atoms with E-state index in [1.807, 2.05) is 83.6 Å². The number of hydrogen-bond donors (Lipinski definition) is 1. The summed E-state index contributed by atoms with van der Waals surface area (Å²) in [6, 6.07) is 22.0. The van der Waals surface area contributed by atoms with Crippen LogP contribution in [-0.2, 0) is 4.79 Å². The highest BCUT2D eigenvalue weighted by Gasteiger charge is 2.19. The monoisotopic (exact) mass is 420 g/mol. The van der Waals surface area contributed by atoms with Gasteiger partial charge in [0.25, 0.3) is 0 Å². The van der Waals surface area contributed by atoms with Crippen LogP contribution in [0.15, 0.2) is 83.6 Å². The summed E-state index contributed by atoms with van der Waals surface area (Å²) < 4.78 is 1.92. The Hall–Kier alpha value is -2.90. The van der Waals surface area contributed by atoms with Crippen LogP contribution >= 0.6 is 23.1 Å². The van der Waals surface area contributed by atoms with Crippen molar-refractivity contribution in [1.82, 2.24) is 20.1 Å². The SMILES string of the molecule is Cc1ccccc1-n1cnnc1SCC(=O)N[C@@H](c1ccccc1)c1cccs1. The van der Waals surface area contributed by atoms with E-state index in [1.165, 1.54) is 11.8 Å². The minimum Gasteiger partial charge on any atom is -0.344 e. The molecule has 0 fully saturated rings. The maximum Gasteiger partial charge on any atom is 0.231 e. The summed E-state index contributed by atoms with van der Waals surface area (Å²) >= 11 is 3.02. The van der Waals surface area contributed by atoms with Gasteiger partial charge in [-0.3, -0.25) is 9.36 Å². The number of aryl methyl sites for hydroxylation is 1. The maximum atomic E-state index is 12.7. The van der Waals surface area contributed by atoms with Gasteiger partial charge < -0.3 is 5.32 Å². The van der Waals surface area contributed by atoms with Gasteiger partial charge in [0.05, 0.1) is 17.5 Å². The Balaban J connectivity index is 1.47. The van der Waals surface area contributed by atoms with E-state index >= 15 is 0 Å². The lowest BCUT2D eigenvalue weighted by molar-refractivity contribution is -0.119. The van der Waals surface area contributed by atoms with E-state index in [-0.39, 0.29) is 17.7 Å². The van der Waals surface area contributed by atoms with Gasteiger partial charge in [-0.05, 0) is 35.6 Å². The Labute approximate surface area is 177 Å². The first-order chi connectivity index (χ1) is 14.2. The number of thiophene rings is 1. The summed E-state index contributed by atoms with van der Waals surface area (Å²) in [5.41, 5.74) is 3.21. The number of amides is 1. The smallest absolute Gasteiger partial charge is 0.231 e. The Bertz CT molecular complexity index is 1080. The van der Waals surface area contributed by atoms with Gasteiger partial charge in [-0.1, -0.05) is 66.4 Å². The average Bonchev–Trinajstić information content (AvgIpc) is 3.44. The predicted molar refractivity (Wildman–Crippen MR) is 118 cm³/mol. The molecule has 2 aromatic carbocycles. The van der Waals surface area contributed by atoms with Gasteiger partial charge in [0.1, 0.15) is 6.33 Å². The third-order valence-electron chi connectivity index (χ3n) is 4.49. The molecule has 0 aliphatic rings. The molecule has 29 heavy (non-hydrogen) atoms. The molecular weight excluding hydrogens is 400 g/mol. The number of hydrogen-bond acceptors (Lipinski definition) is 5. The van der Waals surface area contributed by atoms with E-state index in [0.717, 1.165) is 21.7 Å². The molecule has 0 bridgehead atoms. The first kappa shape index (κ1) is 19.4. The minimum absolute atomic E-state index is 0.0448. The van der Waals surface area contributed by atoms with Gasteiger partial charge in [-0.2, -0.15) is 0 Å². The van der Waals surface area contributed by atoms with Gasteiger partial charge in [0.2, 0.25) is 5.91 Å². The molecule has 146 valence electrons. The Morgan fingerprint density at radius 2 is 1.90 bits per heavy atom. The highest BCUT2D eigenvalue weighted by Crippen LogP contribution is 2.27. The van der Waals surface area contributed by atoms with Crippen molar-refractivity contribution in [2.24, 2.45) is 0 Å². The third kappa shape index (κ3) is 4.58. The van der Waals surface area contributed by atoms with Crippen LogP contribution in [0.4, 0.5) is 0 Å². The molecule has 2 heterocycles. The van der Waals surface area contributed by atoms with Crippen LogP contribution in [0.25, 0.3) is 5.69 Å². The van der Waals surface area contributed by atoms with Crippen molar-refractivity contribution < 1.29 is 4.79 Å². The Morgan fingerprint density at radius 1 is 1.10 bits per heavy atom. The molecule has 0 radical (unpaired) electrons. The summed E-state index contributed by atoms with van der Waals surface area (Å²) in [6.45, 7) is 2.04. The number of aromatic nitrogens is 3. The lowest BCUT2D eigenvalue weighted by atomic mass is 10.1. The molecule has 2 aromatic heterocycles. The topological polar surface area (TPSA) is 59.8 Å². The molecule has 5 nitrogen and oxygen atoms in total. The number of rotatable bonds is 7. The van der Waals surface area contributed by atoms with Crippen molar-refractivity contribution in [1.29, 1.82) is 0 Å². The van der Waals surface area contributed by atoms with Gasteiger partial charge >= 0.3 is 0 Å². The largest absolute Gasteiger partial charge is 0.344 e. The lowest BCUT2D eigenvalue weighted by Crippen LogP contribution is -2.30. The average molecular weight is 421 g/mol. The molecule has 1 amide bonds. The molecule has 0 aliphatic heterocycles. The number of nitrogens with zero attached hydrogens (tertiary/aromatic N) is 3. The molecule has 1 atom stereocenters. The third-order valence-corrected chi connectivity index (χ3v) is 6.37. The normalized spacial score (nSPS) is 11.9. The van der Waals surface area contributed by atoms with Crippen LogP contribution in [-0.4, -0.2) is 26.4 Å². The molecule has 0 spiro atoms. The van der Waals surface area contributed by atoms with Crippen LogP contribution in [0.3, 0.4) is 0 Å². The number of carbonyl (C=O) groups excluding carboxylic acids is 1. The lowest BCUT2D eigenvalue weighted by Gasteiger charge is -2.18. The van der Waals surface area contributed by atoms with E-state index in [0.29, 0.717) is 5.16 Å².